The maximum Gasteiger partial charge on any atom is 0.191 e. The van der Waals surface area contributed by atoms with Crippen LogP contribution in [0.3, 0.4) is 0 Å². The van der Waals surface area contributed by atoms with Gasteiger partial charge in [0.1, 0.15) is 12.4 Å². The molecule has 0 amide bonds. The highest BCUT2D eigenvalue weighted by Crippen LogP contribution is 2.17. The highest BCUT2D eigenvalue weighted by molar-refractivity contribution is 14.0. The Morgan fingerprint density at radius 2 is 2.00 bits per heavy atom. The molecule has 1 aliphatic carbocycles. The number of nitrogens with zero attached hydrogens (tertiary/aromatic N) is 1. The first-order valence-corrected chi connectivity index (χ1v) is 7.45. The molecule has 0 heterocycles. The Morgan fingerprint density at radius 3 is 2.67 bits per heavy atom. The fraction of sp³-hybridized carbons (Fsp3) is 0.562. The maximum absolute atomic E-state index is 5.76. The van der Waals surface area contributed by atoms with E-state index in [9.17, 15) is 0 Å². The van der Waals surface area contributed by atoms with Crippen molar-refractivity contribution < 1.29 is 4.74 Å². The molecular weight excluding hydrogens is 377 g/mol. The molecule has 1 saturated carbocycles. The molecule has 1 fully saturated rings. The SMILES string of the molecule is CN=C(NCCOc1ccccc1C)NC1CCCC1.I. The minimum Gasteiger partial charge on any atom is -0.491 e. The fourth-order valence-electron chi connectivity index (χ4n) is 2.51. The van der Waals surface area contributed by atoms with E-state index >= 15 is 0 Å². The number of para-hydroxylation sites is 1. The molecule has 5 heteroatoms. The molecule has 1 aromatic carbocycles. The summed E-state index contributed by atoms with van der Waals surface area (Å²) in [5.74, 6) is 1.83. The maximum atomic E-state index is 5.76. The first-order valence-electron chi connectivity index (χ1n) is 7.45. The minimum atomic E-state index is 0. The lowest BCUT2D eigenvalue weighted by Gasteiger charge is -2.17. The minimum absolute atomic E-state index is 0. The van der Waals surface area contributed by atoms with Crippen molar-refractivity contribution in [1.82, 2.24) is 10.6 Å². The first-order chi connectivity index (χ1) is 9.79. The van der Waals surface area contributed by atoms with E-state index in [-0.39, 0.29) is 24.0 Å². The van der Waals surface area contributed by atoms with Gasteiger partial charge in [-0.05, 0) is 31.4 Å². The summed E-state index contributed by atoms with van der Waals surface area (Å²) >= 11 is 0. The molecule has 0 radical (unpaired) electrons. The summed E-state index contributed by atoms with van der Waals surface area (Å²) < 4.78 is 5.76. The summed E-state index contributed by atoms with van der Waals surface area (Å²) in [6.07, 6.45) is 5.15. The third-order valence-electron chi connectivity index (χ3n) is 3.67. The van der Waals surface area contributed by atoms with Gasteiger partial charge in [0.05, 0.1) is 6.54 Å². The second kappa shape index (κ2) is 9.87. The number of hydrogen-bond acceptors (Lipinski definition) is 2. The van der Waals surface area contributed by atoms with Crippen molar-refractivity contribution >= 4 is 29.9 Å². The Bertz CT molecular complexity index is 445. The van der Waals surface area contributed by atoms with Gasteiger partial charge in [-0.1, -0.05) is 31.0 Å². The van der Waals surface area contributed by atoms with Gasteiger partial charge in [0.15, 0.2) is 5.96 Å². The van der Waals surface area contributed by atoms with Crippen LogP contribution < -0.4 is 15.4 Å². The lowest BCUT2D eigenvalue weighted by atomic mass is 10.2. The van der Waals surface area contributed by atoms with Crippen molar-refractivity contribution in [3.63, 3.8) is 0 Å². The molecule has 0 aromatic heterocycles. The molecule has 0 spiro atoms. The van der Waals surface area contributed by atoms with Crippen LogP contribution in [0.4, 0.5) is 0 Å². The molecule has 2 rings (SSSR count). The highest BCUT2D eigenvalue weighted by Gasteiger charge is 2.15. The molecular formula is C16H26IN3O. The van der Waals surface area contributed by atoms with Gasteiger partial charge in [0.25, 0.3) is 0 Å². The number of ether oxygens (including phenoxy) is 1. The molecule has 21 heavy (non-hydrogen) atoms. The first kappa shape index (κ1) is 18.1. The van der Waals surface area contributed by atoms with Crippen LogP contribution in [0.5, 0.6) is 5.75 Å². The molecule has 4 nitrogen and oxygen atoms in total. The number of benzene rings is 1. The van der Waals surface area contributed by atoms with Crippen molar-refractivity contribution in [3.8, 4) is 5.75 Å². The quantitative estimate of drug-likeness (QED) is 0.344. The number of aryl methyl sites for hydroxylation is 1. The van der Waals surface area contributed by atoms with E-state index in [0.29, 0.717) is 12.6 Å². The predicted molar refractivity (Wildman–Crippen MR) is 98.8 cm³/mol. The Morgan fingerprint density at radius 1 is 1.29 bits per heavy atom. The standard InChI is InChI=1S/C16H25N3O.HI/c1-13-7-3-6-10-15(13)20-12-11-18-16(17-2)19-14-8-4-5-9-14;/h3,6-7,10,14H,4-5,8-9,11-12H2,1-2H3,(H2,17,18,19);1H. The van der Waals surface area contributed by atoms with Crippen LogP contribution in [0, 0.1) is 6.92 Å². The highest BCUT2D eigenvalue weighted by atomic mass is 127. The van der Waals surface area contributed by atoms with Crippen LogP contribution in [0.15, 0.2) is 29.3 Å². The molecule has 0 aliphatic heterocycles. The molecule has 0 unspecified atom stereocenters. The van der Waals surface area contributed by atoms with Crippen LogP contribution in [0.1, 0.15) is 31.2 Å². The average molecular weight is 403 g/mol. The van der Waals surface area contributed by atoms with Crippen LogP contribution in [-0.4, -0.2) is 32.2 Å². The Labute approximate surface area is 144 Å². The second-order valence-corrected chi connectivity index (χ2v) is 5.24. The van der Waals surface area contributed by atoms with Gasteiger partial charge >= 0.3 is 0 Å². The van der Waals surface area contributed by atoms with Gasteiger partial charge in [-0.25, -0.2) is 0 Å². The molecule has 1 aliphatic rings. The zero-order chi connectivity index (χ0) is 14.2. The third kappa shape index (κ3) is 6.11. The van der Waals surface area contributed by atoms with Gasteiger partial charge in [-0.2, -0.15) is 0 Å². The number of nitrogens with one attached hydrogen (secondary N) is 2. The monoisotopic (exact) mass is 403 g/mol. The summed E-state index contributed by atoms with van der Waals surface area (Å²) in [5.41, 5.74) is 1.17. The van der Waals surface area contributed by atoms with Crippen molar-refractivity contribution in [3.05, 3.63) is 29.8 Å². The third-order valence-corrected chi connectivity index (χ3v) is 3.67. The zero-order valence-corrected chi connectivity index (χ0v) is 15.2. The second-order valence-electron chi connectivity index (χ2n) is 5.24. The summed E-state index contributed by atoms with van der Waals surface area (Å²) in [6.45, 7) is 3.44. The topological polar surface area (TPSA) is 45.7 Å². The summed E-state index contributed by atoms with van der Waals surface area (Å²) in [5, 5.41) is 6.76. The number of rotatable bonds is 5. The van der Waals surface area contributed by atoms with E-state index in [2.05, 4.69) is 28.6 Å². The van der Waals surface area contributed by atoms with Gasteiger partial charge in [-0.15, -0.1) is 24.0 Å². The van der Waals surface area contributed by atoms with E-state index in [1.807, 2.05) is 25.2 Å². The smallest absolute Gasteiger partial charge is 0.191 e. The van der Waals surface area contributed by atoms with E-state index in [1.165, 1.54) is 31.2 Å². The number of guanidine groups is 1. The number of aliphatic imine (C=N–C) groups is 1. The summed E-state index contributed by atoms with van der Waals surface area (Å²) in [4.78, 5) is 4.25. The molecule has 0 atom stereocenters. The van der Waals surface area contributed by atoms with E-state index in [0.717, 1.165) is 18.3 Å². The van der Waals surface area contributed by atoms with Crippen molar-refractivity contribution in [2.45, 2.75) is 38.6 Å². The van der Waals surface area contributed by atoms with Gasteiger partial charge in [-0.3, -0.25) is 4.99 Å². The molecule has 0 bridgehead atoms. The van der Waals surface area contributed by atoms with Gasteiger partial charge in [0.2, 0.25) is 0 Å². The largest absolute Gasteiger partial charge is 0.491 e. The fourth-order valence-corrected chi connectivity index (χ4v) is 2.51. The Balaban J connectivity index is 0.00000220. The lowest BCUT2D eigenvalue weighted by Crippen LogP contribution is -2.43. The lowest BCUT2D eigenvalue weighted by molar-refractivity contribution is 0.319. The normalized spacial score (nSPS) is 15.4. The Hall–Kier alpha value is -0.980. The van der Waals surface area contributed by atoms with E-state index < -0.39 is 0 Å². The van der Waals surface area contributed by atoms with Crippen LogP contribution in [-0.2, 0) is 0 Å². The summed E-state index contributed by atoms with van der Waals surface area (Å²) in [7, 11) is 1.81. The number of halogens is 1. The van der Waals surface area contributed by atoms with Crippen LogP contribution in [0.25, 0.3) is 0 Å². The Kier molecular flexibility index (Phi) is 8.49. The zero-order valence-electron chi connectivity index (χ0n) is 12.9. The van der Waals surface area contributed by atoms with Crippen LogP contribution >= 0.6 is 24.0 Å². The molecule has 118 valence electrons. The predicted octanol–water partition coefficient (Wildman–Crippen LogP) is 3.10. The average Bonchev–Trinajstić information content (AvgIpc) is 2.97. The molecule has 2 N–H and O–H groups in total. The summed E-state index contributed by atoms with van der Waals surface area (Å²) in [6, 6.07) is 8.66. The number of hydrogen-bond donors (Lipinski definition) is 2. The van der Waals surface area contributed by atoms with Crippen molar-refractivity contribution in [2.24, 2.45) is 4.99 Å². The van der Waals surface area contributed by atoms with E-state index in [1.54, 1.807) is 0 Å². The van der Waals surface area contributed by atoms with Gasteiger partial charge in [0, 0.05) is 13.1 Å². The van der Waals surface area contributed by atoms with Gasteiger partial charge < -0.3 is 15.4 Å². The van der Waals surface area contributed by atoms with Crippen molar-refractivity contribution in [1.29, 1.82) is 0 Å². The molecule has 1 aromatic rings. The molecule has 0 saturated heterocycles. The van der Waals surface area contributed by atoms with Crippen LogP contribution in [0.2, 0.25) is 0 Å². The van der Waals surface area contributed by atoms with Crippen molar-refractivity contribution in [2.75, 3.05) is 20.2 Å². The van der Waals surface area contributed by atoms with E-state index in [4.69, 9.17) is 4.74 Å².